The highest BCUT2D eigenvalue weighted by atomic mass is 79.9. The highest BCUT2D eigenvalue weighted by Gasteiger charge is 2.41. The van der Waals surface area contributed by atoms with Crippen molar-refractivity contribution in [3.63, 3.8) is 0 Å². The molecule has 0 unspecified atom stereocenters. The second-order valence-electron chi connectivity index (χ2n) is 7.62. The molecule has 1 aliphatic rings. The van der Waals surface area contributed by atoms with Gasteiger partial charge in [0.05, 0.1) is 17.8 Å². The Morgan fingerprint density at radius 3 is 2.52 bits per heavy atom. The first-order valence-corrected chi connectivity index (χ1v) is 11.3. The van der Waals surface area contributed by atoms with Crippen LogP contribution in [0.25, 0.3) is 5.69 Å². The fourth-order valence-electron chi connectivity index (χ4n) is 4.10. The van der Waals surface area contributed by atoms with Crippen LogP contribution >= 0.6 is 28.1 Å². The fourth-order valence-corrected chi connectivity index (χ4v) is 4.69. The maximum atomic E-state index is 5.82. The zero-order valence-electron chi connectivity index (χ0n) is 16.9. The van der Waals surface area contributed by atoms with E-state index in [2.05, 4.69) is 110 Å². The number of hydrogen-bond donors (Lipinski definition) is 1. The van der Waals surface area contributed by atoms with Crippen molar-refractivity contribution >= 4 is 38.9 Å². The predicted molar refractivity (Wildman–Crippen MR) is 133 cm³/mol. The summed E-state index contributed by atoms with van der Waals surface area (Å²) in [7, 11) is 0. The summed E-state index contributed by atoms with van der Waals surface area (Å²) in [4.78, 5) is 6.84. The number of hydrogen-bond acceptors (Lipinski definition) is 2. The number of rotatable bonds is 4. The van der Waals surface area contributed by atoms with Gasteiger partial charge in [0, 0.05) is 34.4 Å². The van der Waals surface area contributed by atoms with Gasteiger partial charge in [0.2, 0.25) is 0 Å². The molecule has 6 heteroatoms. The summed E-state index contributed by atoms with van der Waals surface area (Å²) in [6.07, 6.45) is 6.12. The van der Waals surface area contributed by atoms with Gasteiger partial charge < -0.3 is 14.8 Å². The van der Waals surface area contributed by atoms with E-state index >= 15 is 0 Å². The molecule has 2 aromatic carbocycles. The van der Waals surface area contributed by atoms with Crippen LogP contribution in [0.3, 0.4) is 0 Å². The van der Waals surface area contributed by atoms with Gasteiger partial charge in [-0.2, -0.15) is 0 Å². The number of aromatic nitrogens is 2. The van der Waals surface area contributed by atoms with Gasteiger partial charge in [0.25, 0.3) is 0 Å². The van der Waals surface area contributed by atoms with Gasteiger partial charge in [0.15, 0.2) is 5.11 Å². The van der Waals surface area contributed by atoms with Crippen molar-refractivity contribution in [2.45, 2.75) is 19.0 Å². The molecule has 1 fully saturated rings. The molecule has 0 bridgehead atoms. The third-order valence-corrected chi connectivity index (χ3v) is 6.83. The van der Waals surface area contributed by atoms with E-state index in [0.717, 1.165) is 21.5 Å². The van der Waals surface area contributed by atoms with Gasteiger partial charge in [-0.3, -0.25) is 4.98 Å². The molecule has 4 aromatic rings. The lowest BCUT2D eigenvalue weighted by Crippen LogP contribution is -2.29. The molecule has 1 N–H and O–H groups in total. The van der Waals surface area contributed by atoms with Gasteiger partial charge in [0.1, 0.15) is 0 Å². The van der Waals surface area contributed by atoms with Crippen LogP contribution in [-0.2, 0) is 0 Å². The van der Waals surface area contributed by atoms with Crippen LogP contribution in [0.2, 0.25) is 0 Å². The SMILES string of the molecule is Cc1cc(N2C(=S)N[C@@H](c3ccccn3)[C@@H]2c2ccn(-c3ccccc3)c2)ccc1Br. The van der Waals surface area contributed by atoms with Crippen molar-refractivity contribution in [1.82, 2.24) is 14.9 Å². The Morgan fingerprint density at radius 1 is 0.968 bits per heavy atom. The fraction of sp³-hybridized carbons (Fsp3) is 0.120. The predicted octanol–water partition coefficient (Wildman–Crippen LogP) is 6.12. The van der Waals surface area contributed by atoms with E-state index in [4.69, 9.17) is 12.2 Å². The van der Waals surface area contributed by atoms with Crippen molar-refractivity contribution in [1.29, 1.82) is 0 Å². The minimum Gasteiger partial charge on any atom is -0.351 e. The van der Waals surface area contributed by atoms with E-state index in [0.29, 0.717) is 5.11 Å². The van der Waals surface area contributed by atoms with E-state index in [1.54, 1.807) is 0 Å². The summed E-state index contributed by atoms with van der Waals surface area (Å²) in [5, 5.41) is 4.23. The van der Waals surface area contributed by atoms with Crippen molar-refractivity contribution in [3.8, 4) is 5.69 Å². The molecular weight excluding hydrogens is 468 g/mol. The Balaban J connectivity index is 1.61. The third-order valence-electron chi connectivity index (χ3n) is 5.63. The van der Waals surface area contributed by atoms with Crippen LogP contribution in [0.15, 0.2) is 95.9 Å². The summed E-state index contributed by atoms with van der Waals surface area (Å²) in [6, 6.07) is 24.8. The van der Waals surface area contributed by atoms with Gasteiger partial charge >= 0.3 is 0 Å². The van der Waals surface area contributed by atoms with Crippen molar-refractivity contribution in [2.75, 3.05) is 4.90 Å². The highest BCUT2D eigenvalue weighted by Crippen LogP contribution is 2.42. The van der Waals surface area contributed by atoms with Gasteiger partial charge in [-0.15, -0.1) is 0 Å². The highest BCUT2D eigenvalue weighted by molar-refractivity contribution is 9.10. The number of pyridine rings is 1. The monoisotopic (exact) mass is 488 g/mol. The molecule has 1 aliphatic heterocycles. The average Bonchev–Trinajstić information content (AvgIpc) is 3.41. The lowest BCUT2D eigenvalue weighted by atomic mass is 9.98. The molecule has 2 aromatic heterocycles. The number of aryl methyl sites for hydroxylation is 1. The smallest absolute Gasteiger partial charge is 0.174 e. The summed E-state index contributed by atoms with van der Waals surface area (Å²) >= 11 is 9.43. The third kappa shape index (κ3) is 3.77. The molecule has 4 nitrogen and oxygen atoms in total. The molecule has 3 heterocycles. The molecule has 0 radical (unpaired) electrons. The first-order chi connectivity index (χ1) is 15.1. The Hall–Kier alpha value is -2.96. The van der Waals surface area contributed by atoms with E-state index in [1.807, 2.05) is 24.4 Å². The first-order valence-electron chi connectivity index (χ1n) is 10.1. The largest absolute Gasteiger partial charge is 0.351 e. The minimum absolute atomic E-state index is 0.0204. The maximum absolute atomic E-state index is 5.82. The molecule has 154 valence electrons. The number of thiocarbonyl (C=S) groups is 1. The lowest BCUT2D eigenvalue weighted by Gasteiger charge is -2.27. The summed E-state index contributed by atoms with van der Waals surface area (Å²) < 4.78 is 3.24. The number of anilines is 1. The first kappa shape index (κ1) is 20.0. The van der Waals surface area contributed by atoms with Crippen LogP contribution in [0.4, 0.5) is 5.69 Å². The number of para-hydroxylation sites is 1. The van der Waals surface area contributed by atoms with Gasteiger partial charge in [-0.05, 0) is 78.8 Å². The molecule has 2 atom stereocenters. The molecule has 5 rings (SSSR count). The standard InChI is InChI=1S/C25H21BrN4S/c1-17-15-20(10-11-21(17)26)30-24(23(28-25(30)31)22-9-5-6-13-27-22)18-12-14-29(16-18)19-7-3-2-4-8-19/h2-16,23-24H,1H3,(H,28,31)/t23-,24-/m0/s1. The molecule has 0 saturated carbocycles. The van der Waals surface area contributed by atoms with Crippen LogP contribution in [-0.4, -0.2) is 14.7 Å². The lowest BCUT2D eigenvalue weighted by molar-refractivity contribution is 0.568. The van der Waals surface area contributed by atoms with Crippen LogP contribution in [0.1, 0.15) is 28.9 Å². The molecule has 0 aliphatic carbocycles. The average molecular weight is 489 g/mol. The molecule has 1 saturated heterocycles. The maximum Gasteiger partial charge on any atom is 0.174 e. The van der Waals surface area contributed by atoms with Crippen LogP contribution < -0.4 is 10.2 Å². The van der Waals surface area contributed by atoms with E-state index < -0.39 is 0 Å². The van der Waals surface area contributed by atoms with E-state index in [9.17, 15) is 0 Å². The second kappa shape index (κ2) is 8.29. The van der Waals surface area contributed by atoms with Crippen molar-refractivity contribution in [3.05, 3.63) is 113 Å². The number of nitrogens with one attached hydrogen (secondary N) is 1. The Kier molecular flexibility index (Phi) is 5.34. The Bertz CT molecular complexity index is 1220. The normalized spacial score (nSPS) is 18.3. The second-order valence-corrected chi connectivity index (χ2v) is 8.86. The van der Waals surface area contributed by atoms with E-state index in [-0.39, 0.29) is 12.1 Å². The molecular formula is C25H21BrN4S. The number of benzene rings is 2. The number of halogens is 1. The zero-order chi connectivity index (χ0) is 21.4. The Morgan fingerprint density at radius 2 is 1.77 bits per heavy atom. The van der Waals surface area contributed by atoms with Gasteiger partial charge in [-0.25, -0.2) is 0 Å². The zero-order valence-corrected chi connectivity index (χ0v) is 19.3. The minimum atomic E-state index is -0.0516. The van der Waals surface area contributed by atoms with Crippen LogP contribution in [0, 0.1) is 6.92 Å². The summed E-state index contributed by atoms with van der Waals surface area (Å²) in [5.74, 6) is 0. The Labute approximate surface area is 195 Å². The summed E-state index contributed by atoms with van der Waals surface area (Å²) in [5.41, 5.74) is 5.50. The number of nitrogens with zero attached hydrogens (tertiary/aromatic N) is 3. The quantitative estimate of drug-likeness (QED) is 0.350. The molecule has 0 amide bonds. The van der Waals surface area contributed by atoms with Crippen molar-refractivity contribution < 1.29 is 0 Å². The topological polar surface area (TPSA) is 33.1 Å². The van der Waals surface area contributed by atoms with E-state index in [1.165, 1.54) is 11.1 Å². The van der Waals surface area contributed by atoms with Crippen molar-refractivity contribution in [2.24, 2.45) is 0 Å². The molecule has 31 heavy (non-hydrogen) atoms. The summed E-state index contributed by atoms with van der Waals surface area (Å²) in [6.45, 7) is 2.09. The van der Waals surface area contributed by atoms with Crippen LogP contribution in [0.5, 0.6) is 0 Å². The molecule has 0 spiro atoms. The van der Waals surface area contributed by atoms with Gasteiger partial charge in [-0.1, -0.05) is 40.2 Å².